The minimum atomic E-state index is 0.0401. The van der Waals surface area contributed by atoms with Crippen LogP contribution in [0.3, 0.4) is 0 Å². The molecule has 6 nitrogen and oxygen atoms in total. The molecule has 6 heteroatoms. The lowest BCUT2D eigenvalue weighted by atomic mass is 10.6. The largest absolute Gasteiger partial charge is 0.422 e. The second-order valence-electron chi connectivity index (χ2n) is 2.61. The quantitative estimate of drug-likeness (QED) is 0.541. The van der Waals surface area contributed by atoms with Gasteiger partial charge in [-0.05, 0) is 0 Å². The monoisotopic (exact) mass is 182 g/mol. The van der Waals surface area contributed by atoms with Crippen LogP contribution in [0.25, 0.3) is 11.2 Å². The normalized spacial score (nSPS) is 10.8. The highest BCUT2D eigenvalue weighted by Gasteiger charge is 2.06. The van der Waals surface area contributed by atoms with Crippen molar-refractivity contribution < 1.29 is 9.52 Å². The van der Waals surface area contributed by atoms with E-state index in [4.69, 9.17) is 15.3 Å². The highest BCUT2D eigenvalue weighted by Crippen LogP contribution is 2.19. The van der Waals surface area contributed by atoms with Gasteiger partial charge in [-0.2, -0.15) is 4.98 Å². The van der Waals surface area contributed by atoms with Crippen molar-refractivity contribution in [3.05, 3.63) is 6.07 Å². The highest BCUT2D eigenvalue weighted by atomic mass is 16.4. The van der Waals surface area contributed by atoms with Gasteiger partial charge in [0.1, 0.15) is 5.82 Å². The van der Waals surface area contributed by atoms with Gasteiger partial charge in [0.2, 0.25) is 0 Å². The summed E-state index contributed by atoms with van der Waals surface area (Å²) in [5.74, 6) is 0.523. The van der Waals surface area contributed by atoms with Crippen molar-refractivity contribution in [2.24, 2.45) is 0 Å². The Morgan fingerprint density at radius 1 is 1.69 bits per heavy atom. The van der Waals surface area contributed by atoms with Crippen molar-refractivity contribution in [3.63, 3.8) is 0 Å². The van der Waals surface area contributed by atoms with Gasteiger partial charge < -0.3 is 25.6 Å². The zero-order valence-corrected chi connectivity index (χ0v) is 6.87. The van der Waals surface area contributed by atoms with Gasteiger partial charge in [-0.3, -0.25) is 0 Å². The second-order valence-corrected chi connectivity index (χ2v) is 2.61. The average Bonchev–Trinajstić information content (AvgIpc) is 2.57. The topological polar surface area (TPSA) is 100 Å². The molecule has 2 aromatic heterocycles. The van der Waals surface area contributed by atoms with Crippen molar-refractivity contribution in [2.45, 2.75) is 0 Å². The molecule has 0 aliphatic heterocycles. The fourth-order valence-corrected chi connectivity index (χ4v) is 1.07. The molecule has 2 heterocycles. The molecule has 13 heavy (non-hydrogen) atoms. The molecule has 70 valence electrons. The van der Waals surface area contributed by atoms with E-state index in [-0.39, 0.29) is 6.61 Å². The van der Waals surface area contributed by atoms with E-state index >= 15 is 0 Å². The molecule has 0 unspecified atom stereocenters. The van der Waals surface area contributed by atoms with E-state index in [1.807, 2.05) is 0 Å². The predicted molar refractivity (Wildman–Crippen MR) is 48.3 cm³/mol. The van der Waals surface area contributed by atoms with Gasteiger partial charge in [0, 0.05) is 12.6 Å². The Bertz CT molecular complexity index is 374. The molecule has 0 amide bonds. The summed E-state index contributed by atoms with van der Waals surface area (Å²) in [5.41, 5.74) is 6.69. The molecule has 5 N–H and O–H groups in total. The van der Waals surface area contributed by atoms with Crippen LogP contribution in [0.15, 0.2) is 10.5 Å². The van der Waals surface area contributed by atoms with Crippen molar-refractivity contribution in [1.82, 2.24) is 9.97 Å². The Kier molecular flexibility index (Phi) is 1.82. The van der Waals surface area contributed by atoms with E-state index in [0.717, 1.165) is 0 Å². The fourth-order valence-electron chi connectivity index (χ4n) is 1.07. The van der Waals surface area contributed by atoms with Gasteiger partial charge in [-0.1, -0.05) is 0 Å². The van der Waals surface area contributed by atoms with E-state index in [9.17, 15) is 0 Å². The second kappa shape index (κ2) is 2.98. The standard InChI is InChI=1S/C7H10N4O2/c8-5-3-4-6(10-5)11-7(13-4)9-1-2-12/h3,10,12H,1-2,8H2,(H,9,11). The molecule has 0 aliphatic carbocycles. The summed E-state index contributed by atoms with van der Waals surface area (Å²) in [5, 5.41) is 11.3. The van der Waals surface area contributed by atoms with Gasteiger partial charge in [0.25, 0.3) is 6.01 Å². The molecule has 0 bridgehead atoms. The highest BCUT2D eigenvalue weighted by molar-refractivity contribution is 5.75. The smallest absolute Gasteiger partial charge is 0.297 e. The van der Waals surface area contributed by atoms with Crippen LogP contribution < -0.4 is 11.1 Å². The third-order valence-corrected chi connectivity index (χ3v) is 1.59. The van der Waals surface area contributed by atoms with Crippen molar-refractivity contribution >= 4 is 23.1 Å². The maximum absolute atomic E-state index is 8.54. The number of aromatic nitrogens is 2. The summed E-state index contributed by atoms with van der Waals surface area (Å²) in [6.07, 6.45) is 0. The minimum Gasteiger partial charge on any atom is -0.422 e. The lowest BCUT2D eigenvalue weighted by molar-refractivity contribution is 0.310. The number of oxazole rings is 1. The number of nitrogen functional groups attached to an aromatic ring is 1. The number of rotatable bonds is 3. The maximum Gasteiger partial charge on any atom is 0.297 e. The lowest BCUT2D eigenvalue weighted by Gasteiger charge is -1.94. The third kappa shape index (κ3) is 1.43. The number of H-pyrrole nitrogens is 1. The Labute approximate surface area is 73.8 Å². The zero-order chi connectivity index (χ0) is 9.26. The Morgan fingerprint density at radius 3 is 3.23 bits per heavy atom. The number of nitrogens with one attached hydrogen (secondary N) is 2. The summed E-state index contributed by atoms with van der Waals surface area (Å²) in [6.45, 7) is 0.455. The molecule has 0 saturated heterocycles. The van der Waals surface area contributed by atoms with Crippen LogP contribution in [0.5, 0.6) is 0 Å². The molecule has 0 atom stereocenters. The van der Waals surface area contributed by atoms with Crippen LogP contribution in [-0.4, -0.2) is 28.2 Å². The van der Waals surface area contributed by atoms with Gasteiger partial charge >= 0.3 is 0 Å². The van der Waals surface area contributed by atoms with Crippen molar-refractivity contribution in [1.29, 1.82) is 0 Å². The Balaban J connectivity index is 2.24. The number of aliphatic hydroxyl groups excluding tert-OH is 1. The van der Waals surface area contributed by atoms with Crippen molar-refractivity contribution in [2.75, 3.05) is 24.2 Å². The molecule has 0 saturated carbocycles. The first kappa shape index (κ1) is 7.93. The number of anilines is 2. The van der Waals surface area contributed by atoms with Gasteiger partial charge in [-0.25, -0.2) is 0 Å². The number of hydrogen-bond donors (Lipinski definition) is 4. The van der Waals surface area contributed by atoms with Crippen LogP contribution in [0.2, 0.25) is 0 Å². The van der Waals surface area contributed by atoms with E-state index in [1.54, 1.807) is 6.07 Å². The summed E-state index contributed by atoms with van der Waals surface area (Å²) in [4.78, 5) is 6.87. The molecule has 0 radical (unpaired) electrons. The number of aromatic amines is 1. The molecule has 0 aliphatic rings. The lowest BCUT2D eigenvalue weighted by Crippen LogP contribution is -2.05. The summed E-state index contributed by atoms with van der Waals surface area (Å²) < 4.78 is 5.25. The molecular formula is C7H10N4O2. The zero-order valence-electron chi connectivity index (χ0n) is 6.87. The molecular weight excluding hydrogens is 172 g/mol. The summed E-state index contributed by atoms with van der Waals surface area (Å²) in [6, 6.07) is 2.04. The van der Waals surface area contributed by atoms with Crippen LogP contribution in [0.4, 0.5) is 11.8 Å². The van der Waals surface area contributed by atoms with Gasteiger partial charge in [0.15, 0.2) is 11.2 Å². The number of fused-ring (bicyclic) bond motifs is 1. The fraction of sp³-hybridized carbons (Fsp3) is 0.286. The summed E-state index contributed by atoms with van der Waals surface area (Å²) in [7, 11) is 0. The summed E-state index contributed by atoms with van der Waals surface area (Å²) >= 11 is 0. The number of hydrogen-bond acceptors (Lipinski definition) is 5. The molecule has 0 aromatic carbocycles. The first-order chi connectivity index (χ1) is 6.29. The third-order valence-electron chi connectivity index (χ3n) is 1.59. The number of nitrogens with zero attached hydrogens (tertiary/aromatic N) is 1. The minimum absolute atomic E-state index is 0.0401. The average molecular weight is 182 g/mol. The van der Waals surface area contributed by atoms with Crippen LogP contribution in [-0.2, 0) is 0 Å². The molecule has 0 spiro atoms. The SMILES string of the molecule is Nc1cc2oc(NCCO)nc2[nH]1. The molecule has 2 rings (SSSR count). The Morgan fingerprint density at radius 2 is 2.54 bits per heavy atom. The predicted octanol–water partition coefficient (Wildman–Crippen LogP) is 0.142. The maximum atomic E-state index is 8.54. The molecule has 2 aromatic rings. The number of nitrogens with two attached hydrogens (primary N) is 1. The first-order valence-corrected chi connectivity index (χ1v) is 3.89. The molecule has 0 fully saturated rings. The van der Waals surface area contributed by atoms with E-state index in [1.165, 1.54) is 0 Å². The van der Waals surface area contributed by atoms with Crippen molar-refractivity contribution in [3.8, 4) is 0 Å². The Hall–Kier alpha value is -1.69. The van der Waals surface area contributed by atoms with Crippen LogP contribution in [0, 0.1) is 0 Å². The van der Waals surface area contributed by atoms with Crippen LogP contribution >= 0.6 is 0 Å². The van der Waals surface area contributed by atoms with E-state index in [2.05, 4.69) is 15.3 Å². The van der Waals surface area contributed by atoms with Crippen LogP contribution in [0.1, 0.15) is 0 Å². The number of aliphatic hydroxyl groups is 1. The van der Waals surface area contributed by atoms with Gasteiger partial charge in [0.05, 0.1) is 6.61 Å². The van der Waals surface area contributed by atoms with E-state index in [0.29, 0.717) is 29.6 Å². The first-order valence-electron chi connectivity index (χ1n) is 3.89. The van der Waals surface area contributed by atoms with Gasteiger partial charge in [-0.15, -0.1) is 0 Å². The van der Waals surface area contributed by atoms with E-state index < -0.39 is 0 Å².